The van der Waals surface area contributed by atoms with Gasteiger partial charge in [0.1, 0.15) is 6.10 Å². The zero-order valence-corrected chi connectivity index (χ0v) is 13.7. The van der Waals surface area contributed by atoms with Crippen molar-refractivity contribution in [1.29, 1.82) is 0 Å². The summed E-state index contributed by atoms with van der Waals surface area (Å²) in [5, 5.41) is 6.80. The van der Waals surface area contributed by atoms with Crippen molar-refractivity contribution < 1.29 is 9.53 Å². The van der Waals surface area contributed by atoms with Gasteiger partial charge in [-0.25, -0.2) is 0 Å². The number of nitrogens with zero attached hydrogens (tertiary/aromatic N) is 2. The number of hydrogen-bond acceptors (Lipinski definition) is 3. The van der Waals surface area contributed by atoms with E-state index >= 15 is 0 Å². The summed E-state index contributed by atoms with van der Waals surface area (Å²) in [6.45, 7) is 1.80. The molecule has 1 spiro atoms. The summed E-state index contributed by atoms with van der Waals surface area (Å²) in [5.74, 6) is -0.197. The topological polar surface area (TPSA) is 45.2 Å². The zero-order valence-electron chi connectivity index (χ0n) is 12.2. The third-order valence-corrected chi connectivity index (χ3v) is 4.72. The smallest absolute Gasteiger partial charge is 0.288 e. The molecule has 0 aromatic heterocycles. The number of para-hydroxylation sites is 1. The van der Waals surface area contributed by atoms with Crippen LogP contribution in [0.4, 0.5) is 5.69 Å². The first-order valence-electron chi connectivity index (χ1n) is 7.12. The predicted octanol–water partition coefficient (Wildman–Crippen LogP) is 4.23. The molecule has 1 amide bonds. The average molecular weight is 347 g/mol. The van der Waals surface area contributed by atoms with Gasteiger partial charge in [-0.15, -0.1) is 0 Å². The lowest BCUT2D eigenvalue weighted by atomic mass is 9.95. The fourth-order valence-electron chi connectivity index (χ4n) is 2.91. The first-order chi connectivity index (χ1) is 11.0. The second-order valence-corrected chi connectivity index (χ2v) is 6.38. The summed E-state index contributed by atoms with van der Waals surface area (Å²) in [6.07, 6.45) is -0.433. The van der Waals surface area contributed by atoms with E-state index in [0.29, 0.717) is 21.4 Å². The molecule has 6 heteroatoms. The highest BCUT2D eigenvalue weighted by Crippen LogP contribution is 2.56. The second-order valence-electron chi connectivity index (χ2n) is 5.54. The first kappa shape index (κ1) is 14.7. The minimum atomic E-state index is -1.05. The molecule has 2 aromatic carbocycles. The summed E-state index contributed by atoms with van der Waals surface area (Å²) >= 11 is 12.2. The van der Waals surface area contributed by atoms with Crippen molar-refractivity contribution in [2.24, 2.45) is 5.10 Å². The summed E-state index contributed by atoms with van der Waals surface area (Å²) < 4.78 is 5.80. The van der Waals surface area contributed by atoms with Crippen molar-refractivity contribution >= 4 is 40.5 Å². The van der Waals surface area contributed by atoms with Crippen LogP contribution in [0.25, 0.3) is 0 Å². The van der Waals surface area contributed by atoms with E-state index in [1.807, 2.05) is 30.3 Å². The molecule has 2 aromatic rings. The predicted molar refractivity (Wildman–Crippen MR) is 90.1 cm³/mol. The van der Waals surface area contributed by atoms with Crippen LogP contribution in [0, 0.1) is 0 Å². The molecule has 116 valence electrons. The minimum Gasteiger partial charge on any atom is -0.344 e. The molecule has 0 saturated carbocycles. The molecule has 2 aliphatic heterocycles. The van der Waals surface area contributed by atoms with Gasteiger partial charge < -0.3 is 4.74 Å². The zero-order chi connectivity index (χ0) is 16.2. The van der Waals surface area contributed by atoms with E-state index in [1.54, 1.807) is 25.1 Å². The minimum absolute atomic E-state index is 0.197. The van der Waals surface area contributed by atoms with Crippen LogP contribution in [0.1, 0.15) is 18.6 Å². The Hall–Kier alpha value is -1.88. The monoisotopic (exact) mass is 346 g/mol. The Morgan fingerprint density at radius 1 is 1.17 bits per heavy atom. The fourth-order valence-corrected chi connectivity index (χ4v) is 3.42. The van der Waals surface area contributed by atoms with Crippen molar-refractivity contribution in [3.63, 3.8) is 0 Å². The molecule has 0 bridgehead atoms. The van der Waals surface area contributed by atoms with E-state index in [0.717, 1.165) is 5.56 Å². The molecule has 0 aliphatic carbocycles. The Balaban J connectivity index is 1.69. The molecule has 4 rings (SSSR count). The maximum atomic E-state index is 12.9. The molecule has 0 N–H and O–H groups in total. The third kappa shape index (κ3) is 2.10. The normalized spacial score (nSPS) is 25.9. The van der Waals surface area contributed by atoms with Gasteiger partial charge in [-0.05, 0) is 31.2 Å². The summed E-state index contributed by atoms with van der Waals surface area (Å²) in [6, 6.07) is 14.4. The Bertz CT molecular complexity index is 838. The molecule has 23 heavy (non-hydrogen) atoms. The van der Waals surface area contributed by atoms with Crippen LogP contribution in [-0.2, 0) is 9.53 Å². The molecule has 0 unspecified atom stereocenters. The van der Waals surface area contributed by atoms with Crippen molar-refractivity contribution in [2.75, 3.05) is 5.01 Å². The summed E-state index contributed by atoms with van der Waals surface area (Å²) in [4.78, 5) is 12.9. The van der Waals surface area contributed by atoms with Gasteiger partial charge >= 0.3 is 0 Å². The second kappa shape index (κ2) is 5.06. The highest BCUT2D eigenvalue weighted by molar-refractivity contribution is 6.35. The SMILES string of the molecule is CC1=NN(c2ccccc2)C(=O)[C@]12O[C@H]2c1ccc(Cl)cc1Cl. The highest BCUT2D eigenvalue weighted by atomic mass is 35.5. The Morgan fingerprint density at radius 2 is 1.91 bits per heavy atom. The molecule has 2 heterocycles. The highest BCUT2D eigenvalue weighted by Gasteiger charge is 2.70. The molecule has 2 atom stereocenters. The number of anilines is 1. The van der Waals surface area contributed by atoms with E-state index in [9.17, 15) is 4.79 Å². The number of halogens is 2. The standard InChI is InChI=1S/C17H12Cl2N2O2/c1-10-17(15(23-17)13-8-7-11(18)9-14(13)19)16(22)21(20-10)12-5-3-2-4-6-12/h2-9,15H,1H3/t15-,17-/m0/s1. The van der Waals surface area contributed by atoms with Gasteiger partial charge in [0, 0.05) is 15.6 Å². The van der Waals surface area contributed by atoms with E-state index in [1.165, 1.54) is 5.01 Å². The van der Waals surface area contributed by atoms with Gasteiger partial charge in [0.05, 0.1) is 11.4 Å². The maximum Gasteiger partial charge on any atom is 0.288 e. The fraction of sp³-hybridized carbons (Fsp3) is 0.176. The Morgan fingerprint density at radius 3 is 2.61 bits per heavy atom. The van der Waals surface area contributed by atoms with E-state index < -0.39 is 11.7 Å². The van der Waals surface area contributed by atoms with Crippen molar-refractivity contribution in [3.8, 4) is 0 Å². The van der Waals surface area contributed by atoms with Gasteiger partial charge in [0.2, 0.25) is 5.60 Å². The summed E-state index contributed by atoms with van der Waals surface area (Å²) in [5.41, 5.74) is 1.04. The molecule has 0 radical (unpaired) electrons. The van der Waals surface area contributed by atoms with E-state index in [4.69, 9.17) is 27.9 Å². The Kier molecular flexibility index (Phi) is 3.23. The molecular weight excluding hydrogens is 335 g/mol. The lowest BCUT2D eigenvalue weighted by Gasteiger charge is -2.12. The van der Waals surface area contributed by atoms with Gasteiger partial charge in [-0.1, -0.05) is 47.5 Å². The van der Waals surface area contributed by atoms with Crippen LogP contribution in [0.15, 0.2) is 53.6 Å². The van der Waals surface area contributed by atoms with Crippen molar-refractivity contribution in [1.82, 2.24) is 0 Å². The molecule has 4 nitrogen and oxygen atoms in total. The third-order valence-electron chi connectivity index (χ3n) is 4.16. The largest absolute Gasteiger partial charge is 0.344 e. The number of epoxide rings is 1. The lowest BCUT2D eigenvalue weighted by molar-refractivity contribution is -0.120. The van der Waals surface area contributed by atoms with Gasteiger partial charge in [0.25, 0.3) is 5.91 Å². The molecule has 2 aliphatic rings. The van der Waals surface area contributed by atoms with Crippen LogP contribution in [0.2, 0.25) is 10.0 Å². The first-order valence-corrected chi connectivity index (χ1v) is 7.87. The van der Waals surface area contributed by atoms with Gasteiger partial charge in [-0.3, -0.25) is 4.79 Å². The van der Waals surface area contributed by atoms with E-state index in [-0.39, 0.29) is 5.91 Å². The number of hydrogen-bond donors (Lipinski definition) is 0. The number of benzene rings is 2. The van der Waals surface area contributed by atoms with Crippen LogP contribution in [0.5, 0.6) is 0 Å². The number of carbonyl (C=O) groups excluding carboxylic acids is 1. The quantitative estimate of drug-likeness (QED) is 0.764. The average Bonchev–Trinajstić information content (AvgIpc) is 3.23. The number of amides is 1. The maximum absolute atomic E-state index is 12.9. The van der Waals surface area contributed by atoms with Crippen LogP contribution in [-0.4, -0.2) is 17.2 Å². The number of hydrazone groups is 1. The van der Waals surface area contributed by atoms with Crippen LogP contribution < -0.4 is 5.01 Å². The summed E-state index contributed by atoms with van der Waals surface area (Å²) in [7, 11) is 0. The van der Waals surface area contributed by atoms with Crippen molar-refractivity contribution in [2.45, 2.75) is 18.6 Å². The molecule has 1 fully saturated rings. The lowest BCUT2D eigenvalue weighted by Crippen LogP contribution is -2.35. The number of ether oxygens (including phenoxy) is 1. The number of rotatable bonds is 2. The molecule has 1 saturated heterocycles. The van der Waals surface area contributed by atoms with Crippen LogP contribution in [0.3, 0.4) is 0 Å². The molecular formula is C17H12Cl2N2O2. The van der Waals surface area contributed by atoms with Gasteiger partial charge in [0.15, 0.2) is 0 Å². The van der Waals surface area contributed by atoms with Crippen LogP contribution >= 0.6 is 23.2 Å². The Labute approximate surface area is 143 Å². The van der Waals surface area contributed by atoms with Gasteiger partial charge in [-0.2, -0.15) is 10.1 Å². The number of carbonyl (C=O) groups is 1. The van der Waals surface area contributed by atoms with E-state index in [2.05, 4.69) is 5.10 Å². The van der Waals surface area contributed by atoms with Crippen molar-refractivity contribution in [3.05, 3.63) is 64.1 Å².